The fourth-order valence-electron chi connectivity index (χ4n) is 2.36. The number of hydrogen-bond donors (Lipinski definition) is 1. The Morgan fingerprint density at radius 1 is 1.45 bits per heavy atom. The molecule has 1 atom stereocenters. The van der Waals surface area contributed by atoms with Crippen LogP contribution in [-0.4, -0.2) is 10.9 Å². The van der Waals surface area contributed by atoms with Crippen LogP contribution in [0.4, 0.5) is 0 Å². The smallest absolute Gasteiger partial charge is 0.233 e. The van der Waals surface area contributed by atoms with Crippen LogP contribution in [0.1, 0.15) is 38.4 Å². The van der Waals surface area contributed by atoms with Gasteiger partial charge in [-0.05, 0) is 46.6 Å². The van der Waals surface area contributed by atoms with Gasteiger partial charge in [0.15, 0.2) is 0 Å². The molecular weight excluding hydrogens is 407 g/mol. The molecule has 2 heterocycles. The molecule has 2 rings (SSSR count). The van der Waals surface area contributed by atoms with E-state index >= 15 is 0 Å². The van der Waals surface area contributed by atoms with E-state index in [0.717, 1.165) is 11.3 Å². The standard InChI is InChI=1S/C14H14ClIN2OS/c1-13(2)9-5-6-10(15)17-11(9)14(3,12(19)18-13)7-4-8-20-16/h5-6H,7H2,1-3H3,(H,18,19). The van der Waals surface area contributed by atoms with Gasteiger partial charge in [-0.2, -0.15) is 0 Å². The molecule has 1 aromatic rings. The predicted octanol–water partition coefficient (Wildman–Crippen LogP) is 3.79. The zero-order chi connectivity index (χ0) is 15.0. The van der Waals surface area contributed by atoms with Gasteiger partial charge in [-0.1, -0.05) is 23.6 Å². The third kappa shape index (κ3) is 2.78. The number of aromatic nitrogens is 1. The molecule has 0 saturated heterocycles. The van der Waals surface area contributed by atoms with E-state index in [0.29, 0.717) is 11.6 Å². The SMILES string of the molecule is CC1(C)NC(=O)C(C)(CC#CSI)c2nc(Cl)ccc21. The number of rotatable bonds is 1. The minimum absolute atomic E-state index is 0.0578. The van der Waals surface area contributed by atoms with Crippen LogP contribution in [0, 0.1) is 11.2 Å². The minimum Gasteiger partial charge on any atom is -0.346 e. The maximum absolute atomic E-state index is 12.5. The predicted molar refractivity (Wildman–Crippen MR) is 91.8 cm³/mol. The second-order valence-electron chi connectivity index (χ2n) is 5.47. The van der Waals surface area contributed by atoms with Crippen LogP contribution in [0.5, 0.6) is 0 Å². The van der Waals surface area contributed by atoms with E-state index in [4.69, 9.17) is 11.6 Å². The van der Waals surface area contributed by atoms with Crippen LogP contribution in [0.3, 0.4) is 0 Å². The van der Waals surface area contributed by atoms with Crippen molar-refractivity contribution in [3.8, 4) is 11.2 Å². The Labute approximate surface area is 140 Å². The Bertz CT molecular complexity index is 623. The van der Waals surface area contributed by atoms with Gasteiger partial charge >= 0.3 is 0 Å². The summed E-state index contributed by atoms with van der Waals surface area (Å²) in [4.78, 5) is 16.9. The fraction of sp³-hybridized carbons (Fsp3) is 0.429. The summed E-state index contributed by atoms with van der Waals surface area (Å²) in [5.74, 6) is 2.97. The van der Waals surface area contributed by atoms with Gasteiger partial charge in [0.05, 0.1) is 16.6 Å². The molecule has 0 spiro atoms. The van der Waals surface area contributed by atoms with E-state index < -0.39 is 11.0 Å². The molecule has 1 aromatic heterocycles. The Morgan fingerprint density at radius 3 is 2.80 bits per heavy atom. The molecule has 1 aliphatic heterocycles. The first-order valence-electron chi connectivity index (χ1n) is 6.07. The van der Waals surface area contributed by atoms with Crippen molar-refractivity contribution >= 4 is 47.6 Å². The summed E-state index contributed by atoms with van der Waals surface area (Å²) in [5.41, 5.74) is 0.504. The zero-order valence-electron chi connectivity index (χ0n) is 11.4. The van der Waals surface area contributed by atoms with Crippen LogP contribution >= 0.6 is 41.7 Å². The van der Waals surface area contributed by atoms with Crippen molar-refractivity contribution in [3.05, 3.63) is 28.5 Å². The van der Waals surface area contributed by atoms with Crippen molar-refractivity contribution < 1.29 is 4.79 Å². The third-order valence-electron chi connectivity index (χ3n) is 3.54. The Balaban J connectivity index is 2.59. The highest BCUT2D eigenvalue weighted by molar-refractivity contribution is 14.2. The second-order valence-corrected chi connectivity index (χ2v) is 7.54. The lowest BCUT2D eigenvalue weighted by atomic mass is 9.72. The quantitative estimate of drug-likeness (QED) is 0.427. The molecule has 0 aromatic carbocycles. The second kappa shape index (κ2) is 5.74. The number of nitrogens with zero attached hydrogens (tertiary/aromatic N) is 1. The molecule has 0 saturated carbocycles. The lowest BCUT2D eigenvalue weighted by molar-refractivity contribution is -0.129. The molecule has 0 fully saturated rings. The molecule has 1 N–H and O–H groups in total. The monoisotopic (exact) mass is 420 g/mol. The van der Waals surface area contributed by atoms with Gasteiger partial charge in [0, 0.05) is 27.6 Å². The summed E-state index contributed by atoms with van der Waals surface area (Å²) in [6.07, 6.45) is 0.422. The van der Waals surface area contributed by atoms with E-state index in [2.05, 4.69) is 42.7 Å². The molecule has 6 heteroatoms. The highest BCUT2D eigenvalue weighted by atomic mass is 127. The summed E-state index contributed by atoms with van der Waals surface area (Å²) in [5, 5.41) is 6.37. The Hall–Kier alpha value is -0.450. The largest absolute Gasteiger partial charge is 0.346 e. The molecule has 0 bridgehead atoms. The van der Waals surface area contributed by atoms with Crippen molar-refractivity contribution in [2.45, 2.75) is 38.1 Å². The number of pyridine rings is 1. The number of carbonyl (C=O) groups is 1. The molecule has 3 nitrogen and oxygen atoms in total. The van der Waals surface area contributed by atoms with E-state index in [9.17, 15) is 4.79 Å². The number of halogens is 2. The van der Waals surface area contributed by atoms with Gasteiger partial charge in [0.1, 0.15) is 5.15 Å². The van der Waals surface area contributed by atoms with Crippen molar-refractivity contribution in [2.75, 3.05) is 0 Å². The highest BCUT2D eigenvalue weighted by Crippen LogP contribution is 2.39. The topological polar surface area (TPSA) is 42.0 Å². The highest BCUT2D eigenvalue weighted by Gasteiger charge is 2.47. The fourth-order valence-corrected chi connectivity index (χ4v) is 3.10. The van der Waals surface area contributed by atoms with Crippen LogP contribution in [-0.2, 0) is 15.7 Å². The van der Waals surface area contributed by atoms with Crippen LogP contribution < -0.4 is 5.32 Å². The first-order chi connectivity index (χ1) is 9.31. The number of carbonyl (C=O) groups excluding carboxylic acids is 1. The molecule has 106 valence electrons. The maximum atomic E-state index is 12.5. The van der Waals surface area contributed by atoms with Gasteiger partial charge in [-0.3, -0.25) is 4.79 Å². The minimum atomic E-state index is -0.769. The van der Waals surface area contributed by atoms with Gasteiger partial charge in [-0.15, -0.1) is 0 Å². The van der Waals surface area contributed by atoms with Crippen LogP contribution in [0.2, 0.25) is 5.15 Å². The first kappa shape index (κ1) is 15.9. The molecule has 1 aliphatic rings. The average Bonchev–Trinajstić information content (AvgIpc) is 2.36. The van der Waals surface area contributed by atoms with Crippen molar-refractivity contribution in [1.29, 1.82) is 0 Å². The zero-order valence-corrected chi connectivity index (χ0v) is 15.1. The average molecular weight is 421 g/mol. The Kier molecular flexibility index (Phi) is 4.57. The van der Waals surface area contributed by atoms with Gasteiger partial charge in [0.25, 0.3) is 0 Å². The normalized spacial score (nSPS) is 23.4. The lowest BCUT2D eigenvalue weighted by Crippen LogP contribution is -2.56. The van der Waals surface area contributed by atoms with E-state index in [1.165, 1.54) is 8.93 Å². The van der Waals surface area contributed by atoms with E-state index in [1.807, 2.05) is 26.8 Å². The van der Waals surface area contributed by atoms with Crippen molar-refractivity contribution in [3.63, 3.8) is 0 Å². The summed E-state index contributed by atoms with van der Waals surface area (Å²) in [6.45, 7) is 5.79. The molecule has 1 unspecified atom stereocenters. The summed E-state index contributed by atoms with van der Waals surface area (Å²) in [6, 6.07) is 3.69. The number of fused-ring (bicyclic) bond motifs is 1. The number of amides is 1. The molecule has 0 aliphatic carbocycles. The van der Waals surface area contributed by atoms with Gasteiger partial charge in [0.2, 0.25) is 5.91 Å². The van der Waals surface area contributed by atoms with E-state index in [1.54, 1.807) is 6.07 Å². The first-order valence-corrected chi connectivity index (χ1v) is 9.80. The van der Waals surface area contributed by atoms with Crippen molar-refractivity contribution in [2.24, 2.45) is 0 Å². The van der Waals surface area contributed by atoms with Gasteiger partial charge < -0.3 is 5.32 Å². The molecular formula is C14H14ClIN2OS. The van der Waals surface area contributed by atoms with Crippen molar-refractivity contribution in [1.82, 2.24) is 10.3 Å². The summed E-state index contributed by atoms with van der Waals surface area (Å²) < 4.78 is 0. The summed E-state index contributed by atoms with van der Waals surface area (Å²) >= 11 is 8.13. The van der Waals surface area contributed by atoms with Gasteiger partial charge in [-0.25, -0.2) is 4.98 Å². The molecule has 1 amide bonds. The lowest BCUT2D eigenvalue weighted by Gasteiger charge is -2.41. The van der Waals surface area contributed by atoms with Crippen LogP contribution in [0.25, 0.3) is 0 Å². The molecule has 0 radical (unpaired) electrons. The van der Waals surface area contributed by atoms with E-state index in [-0.39, 0.29) is 5.91 Å². The van der Waals surface area contributed by atoms with Crippen LogP contribution in [0.15, 0.2) is 12.1 Å². The molecule has 20 heavy (non-hydrogen) atoms. The number of nitrogens with one attached hydrogen (secondary N) is 1. The third-order valence-corrected chi connectivity index (χ3v) is 4.63. The number of hydrogen-bond acceptors (Lipinski definition) is 3. The maximum Gasteiger partial charge on any atom is 0.233 e. The Morgan fingerprint density at radius 2 is 2.15 bits per heavy atom. The summed E-state index contributed by atoms with van der Waals surface area (Å²) in [7, 11) is 1.41.